The fourth-order valence-corrected chi connectivity index (χ4v) is 6.47. The normalized spacial score (nSPS) is 12.2. The first-order valence-corrected chi connectivity index (χ1v) is 17.1. The molecule has 0 aliphatic carbocycles. The molecule has 256 valence electrons. The zero-order chi connectivity index (χ0) is 34.5. The molecule has 2 heterocycles. The van der Waals surface area contributed by atoms with Crippen molar-refractivity contribution in [2.45, 2.75) is 91.9 Å². The Morgan fingerprint density at radius 1 is 0.673 bits per heavy atom. The first-order chi connectivity index (χ1) is 22.6. The van der Waals surface area contributed by atoms with Crippen molar-refractivity contribution < 1.29 is 26.2 Å². The molecule has 0 unspecified atom stereocenters. The van der Waals surface area contributed by atoms with E-state index >= 15 is 0 Å². The Bertz CT molecular complexity index is 2100. The molecule has 0 aliphatic rings. The van der Waals surface area contributed by atoms with E-state index in [1.54, 1.807) is 6.07 Å². The van der Waals surface area contributed by atoms with Gasteiger partial charge in [0.25, 0.3) is 0 Å². The van der Waals surface area contributed by atoms with Gasteiger partial charge in [-0.25, -0.2) is 4.98 Å². The molecule has 2 aromatic heterocycles. The molecule has 0 saturated heterocycles. The van der Waals surface area contributed by atoms with Gasteiger partial charge >= 0.3 is 0 Å². The van der Waals surface area contributed by atoms with Crippen LogP contribution in [0.3, 0.4) is 0 Å². The maximum Gasteiger partial charge on any atom is 0.148 e. The van der Waals surface area contributed by atoms with Crippen LogP contribution < -0.4 is 0 Å². The van der Waals surface area contributed by atoms with Crippen LogP contribution in [0.1, 0.15) is 103 Å². The second-order valence-electron chi connectivity index (χ2n) is 15.7. The molecule has 1 N–H and O–H groups in total. The van der Waals surface area contributed by atoms with Gasteiger partial charge in [-0.1, -0.05) is 123 Å². The van der Waals surface area contributed by atoms with Crippen LogP contribution >= 0.6 is 0 Å². The van der Waals surface area contributed by atoms with Gasteiger partial charge in [-0.05, 0) is 69.2 Å². The van der Waals surface area contributed by atoms with Crippen molar-refractivity contribution >= 4 is 11.0 Å². The standard InChI is InChI=1S/C44H48N3O.Pt/c1-27(2)33-18-14-19-34(28(3)4)41(33)47-38-26-32(44(8,9)10)24-36(40(38)46-42(47)35-17-11-12-20-39(35)48)29-15-13-16-30(23-29)37-25-31(21-22-45-37)43(5,6)7;/h11-22,24-28,48H,1-10H3;/q-1;. The molecule has 49 heavy (non-hydrogen) atoms. The van der Waals surface area contributed by atoms with Crippen LogP contribution in [0.2, 0.25) is 0 Å². The summed E-state index contributed by atoms with van der Waals surface area (Å²) < 4.78 is 2.31. The Labute approximate surface area is 306 Å². The number of nitrogens with zero attached hydrogens (tertiary/aromatic N) is 3. The molecule has 4 nitrogen and oxygen atoms in total. The van der Waals surface area contributed by atoms with Gasteiger partial charge in [0.15, 0.2) is 0 Å². The summed E-state index contributed by atoms with van der Waals surface area (Å²) in [6.45, 7) is 22.4. The third-order valence-electron chi connectivity index (χ3n) is 9.32. The van der Waals surface area contributed by atoms with Crippen molar-refractivity contribution in [3.63, 3.8) is 0 Å². The molecular weight excluding hydrogens is 782 g/mol. The molecule has 5 heteroatoms. The first-order valence-electron chi connectivity index (χ1n) is 17.1. The fourth-order valence-electron chi connectivity index (χ4n) is 6.47. The van der Waals surface area contributed by atoms with Crippen LogP contribution in [0.25, 0.3) is 50.5 Å². The van der Waals surface area contributed by atoms with Crippen molar-refractivity contribution in [3.05, 3.63) is 119 Å². The van der Waals surface area contributed by atoms with Crippen LogP contribution in [-0.2, 0) is 31.9 Å². The van der Waals surface area contributed by atoms with E-state index < -0.39 is 0 Å². The van der Waals surface area contributed by atoms with Crippen molar-refractivity contribution in [1.29, 1.82) is 0 Å². The van der Waals surface area contributed by atoms with Crippen molar-refractivity contribution in [2.24, 2.45) is 0 Å². The summed E-state index contributed by atoms with van der Waals surface area (Å²) in [4.78, 5) is 10.2. The number of imidazole rings is 1. The van der Waals surface area contributed by atoms with Gasteiger partial charge < -0.3 is 5.11 Å². The Morgan fingerprint density at radius 2 is 1.29 bits per heavy atom. The zero-order valence-corrected chi connectivity index (χ0v) is 32.7. The van der Waals surface area contributed by atoms with E-state index in [0.29, 0.717) is 5.56 Å². The average Bonchev–Trinajstić information content (AvgIpc) is 3.42. The molecule has 0 fully saturated rings. The van der Waals surface area contributed by atoms with Gasteiger partial charge in [-0.2, -0.15) is 0 Å². The number of hydrogen-bond acceptors (Lipinski definition) is 3. The van der Waals surface area contributed by atoms with E-state index in [1.165, 1.54) is 22.3 Å². The number of phenolic OH excluding ortho intramolecular Hbond substituents is 1. The SMILES string of the molecule is CC(C)c1cccc(C(C)C)c1-n1c(-c2ccccc2O)nc2c(-c3[c-]c(-c4cc(C(C)(C)C)ccn4)ccc3)cc(C(C)(C)C)cc21.[Pt]. The number of para-hydroxylation sites is 2. The zero-order valence-electron chi connectivity index (χ0n) is 30.4. The molecule has 4 aromatic carbocycles. The van der Waals surface area contributed by atoms with Crippen molar-refractivity contribution in [2.75, 3.05) is 0 Å². The third kappa shape index (κ3) is 7.04. The van der Waals surface area contributed by atoms with E-state index in [2.05, 4.69) is 141 Å². The van der Waals surface area contributed by atoms with Gasteiger partial charge in [0.05, 0.1) is 22.3 Å². The number of rotatable bonds is 6. The molecule has 6 aromatic rings. The number of pyridine rings is 1. The van der Waals surface area contributed by atoms with Gasteiger partial charge in [-0.3, -0.25) is 9.55 Å². The van der Waals surface area contributed by atoms with Crippen LogP contribution in [0.5, 0.6) is 5.75 Å². The Hall–Kier alpha value is -4.01. The molecule has 0 saturated carbocycles. The molecular formula is C44H48N3OPt-. The van der Waals surface area contributed by atoms with E-state index in [1.807, 2.05) is 24.4 Å². The van der Waals surface area contributed by atoms with Crippen LogP contribution in [0.4, 0.5) is 0 Å². The predicted molar refractivity (Wildman–Crippen MR) is 201 cm³/mol. The summed E-state index contributed by atoms with van der Waals surface area (Å²) in [6.07, 6.45) is 1.90. The number of hydrogen-bond donors (Lipinski definition) is 1. The van der Waals surface area contributed by atoms with E-state index in [4.69, 9.17) is 9.97 Å². The second-order valence-corrected chi connectivity index (χ2v) is 15.7. The van der Waals surface area contributed by atoms with Crippen molar-refractivity contribution in [1.82, 2.24) is 14.5 Å². The Balaban J connectivity index is 0.00000468. The number of fused-ring (bicyclic) bond motifs is 1. The number of aromatic nitrogens is 3. The first kappa shape index (κ1) is 36.3. The van der Waals surface area contributed by atoms with Crippen molar-refractivity contribution in [3.8, 4) is 45.2 Å². The smallest absolute Gasteiger partial charge is 0.148 e. The van der Waals surface area contributed by atoms with E-state index in [0.717, 1.165) is 44.9 Å². The Kier molecular flexibility index (Phi) is 10.2. The number of benzene rings is 4. The predicted octanol–water partition coefficient (Wildman–Crippen LogP) is 11.8. The maximum absolute atomic E-state index is 11.3. The Morgan fingerprint density at radius 3 is 1.90 bits per heavy atom. The van der Waals surface area contributed by atoms with E-state index in [9.17, 15) is 5.11 Å². The quantitative estimate of drug-likeness (QED) is 0.170. The second kappa shape index (κ2) is 13.7. The maximum atomic E-state index is 11.3. The third-order valence-corrected chi connectivity index (χ3v) is 9.32. The monoisotopic (exact) mass is 829 g/mol. The summed E-state index contributed by atoms with van der Waals surface area (Å²) in [5.41, 5.74) is 12.4. The van der Waals surface area contributed by atoms with Crippen LogP contribution in [0, 0.1) is 6.07 Å². The van der Waals surface area contributed by atoms with Crippen LogP contribution in [0.15, 0.2) is 91.1 Å². The van der Waals surface area contributed by atoms with Gasteiger partial charge in [0, 0.05) is 33.0 Å². The summed E-state index contributed by atoms with van der Waals surface area (Å²) in [7, 11) is 0. The molecule has 0 amide bonds. The van der Waals surface area contributed by atoms with E-state index in [-0.39, 0.29) is 49.5 Å². The minimum absolute atomic E-state index is 0. The van der Waals surface area contributed by atoms with Gasteiger partial charge in [0.2, 0.25) is 0 Å². The molecule has 0 atom stereocenters. The molecule has 0 radical (unpaired) electrons. The minimum Gasteiger partial charge on any atom is -0.507 e. The van der Waals surface area contributed by atoms with Gasteiger partial charge in [0.1, 0.15) is 11.6 Å². The molecule has 0 bridgehead atoms. The summed E-state index contributed by atoms with van der Waals surface area (Å²) >= 11 is 0. The van der Waals surface area contributed by atoms with Crippen LogP contribution in [-0.4, -0.2) is 19.6 Å². The molecule has 6 rings (SSSR count). The van der Waals surface area contributed by atoms with Gasteiger partial charge in [-0.15, -0.1) is 29.8 Å². The average molecular weight is 830 g/mol. The molecule has 0 spiro atoms. The fraction of sp³-hybridized carbons (Fsp3) is 0.318. The number of phenols is 1. The largest absolute Gasteiger partial charge is 0.507 e. The topological polar surface area (TPSA) is 50.9 Å². The molecule has 0 aliphatic heterocycles. The summed E-state index contributed by atoms with van der Waals surface area (Å²) in [6, 6.07) is 33.1. The number of aromatic hydroxyl groups is 1. The minimum atomic E-state index is -0.133. The summed E-state index contributed by atoms with van der Waals surface area (Å²) in [5.74, 6) is 1.49. The summed E-state index contributed by atoms with van der Waals surface area (Å²) in [5, 5.41) is 11.3.